The fourth-order valence-electron chi connectivity index (χ4n) is 1.84. The third-order valence-electron chi connectivity index (χ3n) is 3.00. The second kappa shape index (κ2) is 6.32. The lowest BCUT2D eigenvalue weighted by atomic mass is 10.1. The lowest BCUT2D eigenvalue weighted by molar-refractivity contribution is -0.384. The minimum atomic E-state index is -0.504. The van der Waals surface area contributed by atoms with Gasteiger partial charge in [-0.2, -0.15) is 0 Å². The fourth-order valence-corrected chi connectivity index (χ4v) is 1.84. The maximum atomic E-state index is 13.8. The van der Waals surface area contributed by atoms with Crippen LogP contribution in [0.4, 0.5) is 10.1 Å². The van der Waals surface area contributed by atoms with Crippen LogP contribution in [0.2, 0.25) is 0 Å². The van der Waals surface area contributed by atoms with E-state index in [0.29, 0.717) is 11.1 Å². The van der Waals surface area contributed by atoms with Crippen LogP contribution in [0.5, 0.6) is 5.75 Å². The molecule has 0 spiro atoms. The predicted octanol–water partition coefficient (Wildman–Crippen LogP) is 3.33. The van der Waals surface area contributed by atoms with Gasteiger partial charge in [-0.25, -0.2) is 4.39 Å². The average molecular weight is 290 g/mol. The molecule has 0 saturated carbocycles. The maximum absolute atomic E-state index is 13.8. The van der Waals surface area contributed by atoms with Gasteiger partial charge >= 0.3 is 0 Å². The van der Waals surface area contributed by atoms with E-state index in [0.717, 1.165) is 0 Å². The summed E-state index contributed by atoms with van der Waals surface area (Å²) in [5.74, 6) is -0.416. The molecule has 0 unspecified atom stereocenters. The summed E-state index contributed by atoms with van der Waals surface area (Å²) >= 11 is 0. The van der Waals surface area contributed by atoms with E-state index in [1.54, 1.807) is 25.1 Å². The molecule has 0 fully saturated rings. The number of rotatable bonds is 5. The highest BCUT2D eigenvalue weighted by atomic mass is 19.1. The monoisotopic (exact) mass is 290 g/mol. The van der Waals surface area contributed by atoms with Gasteiger partial charge < -0.3 is 10.5 Å². The SMILES string of the molecule is C[C@@H](N)c1ccc(OCc2cccc([N+](=O)[O-])c2)c(F)c1. The van der Waals surface area contributed by atoms with Crippen molar-refractivity contribution in [3.05, 3.63) is 69.5 Å². The molecule has 110 valence electrons. The Morgan fingerprint density at radius 1 is 1.33 bits per heavy atom. The molecule has 0 amide bonds. The number of nitrogens with zero attached hydrogens (tertiary/aromatic N) is 1. The topological polar surface area (TPSA) is 78.4 Å². The van der Waals surface area contributed by atoms with Gasteiger partial charge in [0.25, 0.3) is 5.69 Å². The highest BCUT2D eigenvalue weighted by Crippen LogP contribution is 2.22. The van der Waals surface area contributed by atoms with Gasteiger partial charge in [0.15, 0.2) is 11.6 Å². The molecular weight excluding hydrogens is 275 g/mol. The van der Waals surface area contributed by atoms with Crippen molar-refractivity contribution in [2.45, 2.75) is 19.6 Å². The van der Waals surface area contributed by atoms with Crippen molar-refractivity contribution in [3.8, 4) is 5.75 Å². The van der Waals surface area contributed by atoms with E-state index in [9.17, 15) is 14.5 Å². The van der Waals surface area contributed by atoms with Crippen LogP contribution in [0.25, 0.3) is 0 Å². The van der Waals surface area contributed by atoms with Gasteiger partial charge in [0, 0.05) is 18.2 Å². The van der Waals surface area contributed by atoms with Crippen LogP contribution in [-0.4, -0.2) is 4.92 Å². The highest BCUT2D eigenvalue weighted by molar-refractivity contribution is 5.35. The smallest absolute Gasteiger partial charge is 0.269 e. The van der Waals surface area contributed by atoms with Crippen LogP contribution >= 0.6 is 0 Å². The molecule has 0 bridgehead atoms. The normalized spacial score (nSPS) is 12.0. The molecule has 0 heterocycles. The molecule has 2 aromatic carbocycles. The third kappa shape index (κ3) is 3.76. The van der Waals surface area contributed by atoms with Gasteiger partial charge in [0.05, 0.1) is 4.92 Å². The Balaban J connectivity index is 2.09. The van der Waals surface area contributed by atoms with Crippen molar-refractivity contribution in [2.24, 2.45) is 5.73 Å². The molecule has 0 saturated heterocycles. The van der Waals surface area contributed by atoms with Crippen molar-refractivity contribution < 1.29 is 14.1 Å². The Kier molecular flexibility index (Phi) is 4.49. The van der Waals surface area contributed by atoms with Crippen molar-refractivity contribution in [1.29, 1.82) is 0 Å². The molecule has 0 aliphatic rings. The van der Waals surface area contributed by atoms with E-state index in [-0.39, 0.29) is 24.1 Å². The van der Waals surface area contributed by atoms with Crippen molar-refractivity contribution in [1.82, 2.24) is 0 Å². The Hall–Kier alpha value is -2.47. The van der Waals surface area contributed by atoms with E-state index in [1.807, 2.05) is 0 Å². The van der Waals surface area contributed by atoms with Crippen LogP contribution in [0.3, 0.4) is 0 Å². The maximum Gasteiger partial charge on any atom is 0.269 e. The van der Waals surface area contributed by atoms with E-state index in [2.05, 4.69) is 0 Å². The van der Waals surface area contributed by atoms with Gasteiger partial charge in [-0.15, -0.1) is 0 Å². The standard InChI is InChI=1S/C15H15FN2O3/c1-10(17)12-5-6-15(14(16)8-12)21-9-11-3-2-4-13(7-11)18(19)20/h2-8,10H,9,17H2,1H3/t10-/m1/s1. The van der Waals surface area contributed by atoms with E-state index in [4.69, 9.17) is 10.5 Å². The van der Waals surface area contributed by atoms with E-state index >= 15 is 0 Å². The van der Waals surface area contributed by atoms with Gasteiger partial charge in [-0.3, -0.25) is 10.1 Å². The van der Waals surface area contributed by atoms with Crippen LogP contribution in [0, 0.1) is 15.9 Å². The Morgan fingerprint density at radius 2 is 2.10 bits per heavy atom. The molecular formula is C15H15FN2O3. The number of benzene rings is 2. The van der Waals surface area contributed by atoms with Gasteiger partial charge in [0.1, 0.15) is 6.61 Å². The number of non-ortho nitro benzene ring substituents is 1. The summed E-state index contributed by atoms with van der Waals surface area (Å²) in [6.07, 6.45) is 0. The summed E-state index contributed by atoms with van der Waals surface area (Å²) in [4.78, 5) is 10.2. The van der Waals surface area contributed by atoms with E-state index < -0.39 is 10.7 Å². The Morgan fingerprint density at radius 3 is 2.71 bits per heavy atom. The van der Waals surface area contributed by atoms with Gasteiger partial charge in [0.2, 0.25) is 0 Å². The molecule has 6 heteroatoms. The lowest BCUT2D eigenvalue weighted by Gasteiger charge is -2.10. The lowest BCUT2D eigenvalue weighted by Crippen LogP contribution is -2.06. The number of hydrogen-bond acceptors (Lipinski definition) is 4. The first-order valence-corrected chi connectivity index (χ1v) is 6.38. The van der Waals surface area contributed by atoms with Crippen molar-refractivity contribution in [3.63, 3.8) is 0 Å². The highest BCUT2D eigenvalue weighted by Gasteiger charge is 2.09. The number of nitro benzene ring substituents is 1. The van der Waals surface area contributed by atoms with Crippen LogP contribution in [0.1, 0.15) is 24.1 Å². The molecule has 0 aromatic heterocycles. The predicted molar refractivity (Wildman–Crippen MR) is 76.4 cm³/mol. The summed E-state index contributed by atoms with van der Waals surface area (Å²) in [6.45, 7) is 1.81. The first-order valence-electron chi connectivity index (χ1n) is 6.38. The molecule has 2 rings (SSSR count). The first kappa shape index (κ1) is 14.9. The summed E-state index contributed by atoms with van der Waals surface area (Å²) < 4.78 is 19.2. The Bertz CT molecular complexity index is 659. The summed E-state index contributed by atoms with van der Waals surface area (Å²) in [6, 6.07) is 10.3. The van der Waals surface area contributed by atoms with Crippen molar-refractivity contribution >= 4 is 5.69 Å². The summed E-state index contributed by atoms with van der Waals surface area (Å²) in [7, 11) is 0. The largest absolute Gasteiger partial charge is 0.486 e. The zero-order valence-corrected chi connectivity index (χ0v) is 11.5. The molecule has 0 aliphatic heterocycles. The number of halogens is 1. The Labute approximate surface area is 121 Å². The number of nitro groups is 1. The molecule has 2 N–H and O–H groups in total. The quantitative estimate of drug-likeness (QED) is 0.676. The zero-order valence-electron chi connectivity index (χ0n) is 11.5. The second-order valence-electron chi connectivity index (χ2n) is 4.69. The summed E-state index contributed by atoms with van der Waals surface area (Å²) in [5, 5.41) is 10.7. The number of hydrogen-bond donors (Lipinski definition) is 1. The number of nitrogens with two attached hydrogens (primary N) is 1. The van der Waals surface area contributed by atoms with Crippen LogP contribution in [0.15, 0.2) is 42.5 Å². The van der Waals surface area contributed by atoms with E-state index in [1.165, 1.54) is 24.3 Å². The average Bonchev–Trinajstić information content (AvgIpc) is 2.46. The molecule has 2 aromatic rings. The minimum absolute atomic E-state index is 0.0242. The van der Waals surface area contributed by atoms with Crippen LogP contribution in [-0.2, 0) is 6.61 Å². The molecule has 0 radical (unpaired) electrons. The van der Waals surface area contributed by atoms with Gasteiger partial charge in [-0.05, 0) is 30.2 Å². The molecule has 0 aliphatic carbocycles. The van der Waals surface area contributed by atoms with Gasteiger partial charge in [-0.1, -0.05) is 18.2 Å². The first-order chi connectivity index (χ1) is 9.97. The van der Waals surface area contributed by atoms with Crippen molar-refractivity contribution in [2.75, 3.05) is 0 Å². The second-order valence-corrected chi connectivity index (χ2v) is 4.69. The van der Waals surface area contributed by atoms with Crippen LogP contribution < -0.4 is 10.5 Å². The zero-order chi connectivity index (χ0) is 15.4. The summed E-state index contributed by atoms with van der Waals surface area (Å²) in [5.41, 5.74) is 6.92. The minimum Gasteiger partial charge on any atom is -0.486 e. The third-order valence-corrected chi connectivity index (χ3v) is 3.00. The molecule has 1 atom stereocenters. The molecule has 21 heavy (non-hydrogen) atoms. The number of ether oxygens (including phenoxy) is 1. The molecule has 5 nitrogen and oxygen atoms in total. The fraction of sp³-hybridized carbons (Fsp3) is 0.200.